The van der Waals surface area contributed by atoms with E-state index in [0.29, 0.717) is 25.9 Å². The Morgan fingerprint density at radius 1 is 1.21 bits per heavy atom. The number of aromatic nitrogens is 1. The van der Waals surface area contributed by atoms with E-state index in [2.05, 4.69) is 15.5 Å². The van der Waals surface area contributed by atoms with Crippen LogP contribution < -0.4 is 5.32 Å². The lowest BCUT2D eigenvalue weighted by Gasteiger charge is -2.37. The fourth-order valence-electron chi connectivity index (χ4n) is 3.65. The molecule has 4 rings (SSSR count). The van der Waals surface area contributed by atoms with Crippen LogP contribution >= 0.6 is 0 Å². The smallest absolute Gasteiger partial charge is 0.269 e. The molecule has 152 valence electrons. The number of oxime groups is 1. The Labute approximate surface area is 169 Å². The summed E-state index contributed by atoms with van der Waals surface area (Å²) in [7, 11) is -3.61. The van der Waals surface area contributed by atoms with Crippen LogP contribution in [0.25, 0.3) is 0 Å². The Kier molecular flexibility index (Phi) is 5.33. The fraction of sp³-hybridized carbons (Fsp3) is 0.350. The average molecular weight is 414 g/mol. The second-order valence-electron chi connectivity index (χ2n) is 7.29. The second kappa shape index (κ2) is 7.92. The van der Waals surface area contributed by atoms with Crippen molar-refractivity contribution in [2.75, 3.05) is 13.1 Å². The van der Waals surface area contributed by atoms with E-state index in [1.54, 1.807) is 48.8 Å². The number of nitrogens with zero attached hydrogens (tertiary/aromatic N) is 3. The number of amides is 1. The molecule has 1 N–H and O–H groups in total. The average Bonchev–Trinajstić information content (AvgIpc) is 3.16. The minimum atomic E-state index is -3.61. The molecular weight excluding hydrogens is 392 g/mol. The Bertz CT molecular complexity index is 1010. The summed E-state index contributed by atoms with van der Waals surface area (Å²) in [5, 5.41) is 6.79. The molecule has 1 saturated heterocycles. The van der Waals surface area contributed by atoms with Crippen LogP contribution in [-0.2, 0) is 26.2 Å². The normalized spacial score (nSPS) is 22.1. The van der Waals surface area contributed by atoms with Crippen LogP contribution in [-0.4, -0.2) is 48.0 Å². The number of nitrogens with one attached hydrogen (secondary N) is 1. The van der Waals surface area contributed by atoms with Crippen molar-refractivity contribution in [1.29, 1.82) is 0 Å². The van der Waals surface area contributed by atoms with E-state index in [1.165, 1.54) is 4.31 Å². The van der Waals surface area contributed by atoms with Crippen molar-refractivity contribution < 1.29 is 18.0 Å². The van der Waals surface area contributed by atoms with Crippen LogP contribution in [0.1, 0.15) is 24.8 Å². The van der Waals surface area contributed by atoms with Crippen molar-refractivity contribution in [1.82, 2.24) is 14.6 Å². The van der Waals surface area contributed by atoms with Gasteiger partial charge in [-0.25, -0.2) is 8.42 Å². The Morgan fingerprint density at radius 3 is 2.79 bits per heavy atom. The predicted octanol–water partition coefficient (Wildman–Crippen LogP) is 1.70. The largest absolute Gasteiger partial charge is 0.387 e. The molecule has 2 aliphatic rings. The Hall–Kier alpha value is -2.78. The van der Waals surface area contributed by atoms with Crippen molar-refractivity contribution in [3.05, 3.63) is 60.4 Å². The van der Waals surface area contributed by atoms with Gasteiger partial charge in [0, 0.05) is 31.9 Å². The molecule has 0 aliphatic carbocycles. The molecule has 1 amide bonds. The quantitative estimate of drug-likeness (QED) is 0.803. The highest BCUT2D eigenvalue weighted by Crippen LogP contribution is 2.35. The number of sulfonamides is 1. The van der Waals surface area contributed by atoms with E-state index < -0.39 is 15.6 Å². The maximum Gasteiger partial charge on any atom is 0.269 e. The Balaban J connectivity index is 1.40. The van der Waals surface area contributed by atoms with Gasteiger partial charge in [-0.3, -0.25) is 9.78 Å². The highest BCUT2D eigenvalue weighted by molar-refractivity contribution is 7.89. The first-order valence-corrected chi connectivity index (χ1v) is 10.9. The molecule has 0 saturated carbocycles. The SMILES string of the molecule is O=C(NCc1cccnc1)C1=NO[C@@]2(CCCN(S(=O)(=O)c3ccccc3)C2)C1. The molecule has 2 aliphatic heterocycles. The lowest BCUT2D eigenvalue weighted by Crippen LogP contribution is -2.50. The number of carbonyl (C=O) groups excluding carboxylic acids is 1. The number of hydrogen-bond acceptors (Lipinski definition) is 6. The first-order valence-electron chi connectivity index (χ1n) is 9.46. The second-order valence-corrected chi connectivity index (χ2v) is 9.23. The van der Waals surface area contributed by atoms with Crippen molar-refractivity contribution >= 4 is 21.6 Å². The third-order valence-electron chi connectivity index (χ3n) is 5.16. The van der Waals surface area contributed by atoms with Gasteiger partial charge in [-0.2, -0.15) is 4.31 Å². The molecule has 29 heavy (non-hydrogen) atoms. The zero-order valence-corrected chi connectivity index (χ0v) is 16.6. The fourth-order valence-corrected chi connectivity index (χ4v) is 5.23. The molecule has 8 nitrogen and oxygen atoms in total. The lowest BCUT2D eigenvalue weighted by molar-refractivity contribution is -0.115. The zero-order chi connectivity index (χ0) is 20.3. The van der Waals surface area contributed by atoms with E-state index in [-0.39, 0.29) is 29.5 Å². The van der Waals surface area contributed by atoms with Gasteiger partial charge in [0.25, 0.3) is 5.91 Å². The van der Waals surface area contributed by atoms with Crippen molar-refractivity contribution in [3.63, 3.8) is 0 Å². The van der Waals surface area contributed by atoms with Crippen LogP contribution in [0.2, 0.25) is 0 Å². The zero-order valence-electron chi connectivity index (χ0n) is 15.8. The van der Waals surface area contributed by atoms with Crippen molar-refractivity contribution in [3.8, 4) is 0 Å². The molecule has 1 spiro atoms. The summed E-state index contributed by atoms with van der Waals surface area (Å²) in [6.07, 6.45) is 4.93. The van der Waals surface area contributed by atoms with Crippen molar-refractivity contribution in [2.45, 2.75) is 36.3 Å². The van der Waals surface area contributed by atoms with Gasteiger partial charge in [-0.1, -0.05) is 29.4 Å². The molecule has 1 atom stereocenters. The molecule has 1 aromatic heterocycles. The van der Waals surface area contributed by atoms with Gasteiger partial charge in [0.05, 0.1) is 11.4 Å². The number of carbonyl (C=O) groups is 1. The third kappa shape index (κ3) is 4.15. The molecule has 1 aromatic carbocycles. The highest BCUT2D eigenvalue weighted by atomic mass is 32.2. The number of pyridine rings is 1. The summed E-state index contributed by atoms with van der Waals surface area (Å²) >= 11 is 0. The first kappa shape index (κ1) is 19.5. The Morgan fingerprint density at radius 2 is 2.03 bits per heavy atom. The van der Waals surface area contributed by atoms with E-state index in [0.717, 1.165) is 5.56 Å². The summed E-state index contributed by atoms with van der Waals surface area (Å²) in [6.45, 7) is 0.936. The molecule has 9 heteroatoms. The lowest BCUT2D eigenvalue weighted by atomic mass is 9.89. The van der Waals surface area contributed by atoms with E-state index in [9.17, 15) is 13.2 Å². The third-order valence-corrected chi connectivity index (χ3v) is 7.02. The summed E-state index contributed by atoms with van der Waals surface area (Å²) in [5.41, 5.74) is 0.377. The standard InChI is InChI=1S/C20H22N4O4S/c25-19(22-14-16-6-4-10-21-13-16)18-12-20(28-23-18)9-5-11-24(15-20)29(26,27)17-7-2-1-3-8-17/h1-4,6-8,10,13H,5,9,11-12,14-15H2,(H,22,25)/t20-/m0/s1. The number of piperidine rings is 1. The summed E-state index contributed by atoms with van der Waals surface area (Å²) in [6, 6.07) is 12.0. The summed E-state index contributed by atoms with van der Waals surface area (Å²) in [5.74, 6) is -0.311. The minimum absolute atomic E-state index is 0.174. The van der Waals surface area contributed by atoms with Gasteiger partial charge in [-0.15, -0.1) is 0 Å². The molecule has 2 aromatic rings. The maximum atomic E-state index is 12.9. The monoisotopic (exact) mass is 414 g/mol. The molecular formula is C20H22N4O4S. The topological polar surface area (TPSA) is 101 Å². The molecule has 0 radical (unpaired) electrons. The van der Waals surface area contributed by atoms with Gasteiger partial charge in [-0.05, 0) is 36.6 Å². The molecule has 0 bridgehead atoms. The van der Waals surface area contributed by atoms with E-state index in [4.69, 9.17) is 4.84 Å². The van der Waals surface area contributed by atoms with Gasteiger partial charge in [0.2, 0.25) is 10.0 Å². The van der Waals surface area contributed by atoms with E-state index >= 15 is 0 Å². The highest BCUT2D eigenvalue weighted by Gasteiger charge is 2.47. The van der Waals surface area contributed by atoms with Crippen molar-refractivity contribution in [2.24, 2.45) is 5.16 Å². The van der Waals surface area contributed by atoms with Gasteiger partial charge in [0.15, 0.2) is 5.60 Å². The number of benzene rings is 1. The predicted molar refractivity (Wildman–Crippen MR) is 106 cm³/mol. The van der Waals surface area contributed by atoms with Crippen LogP contribution in [0, 0.1) is 0 Å². The summed E-state index contributed by atoms with van der Waals surface area (Å²) < 4.78 is 27.3. The first-order chi connectivity index (χ1) is 14.0. The van der Waals surface area contributed by atoms with E-state index in [1.807, 2.05) is 6.07 Å². The maximum absolute atomic E-state index is 12.9. The van der Waals surface area contributed by atoms with Gasteiger partial charge >= 0.3 is 0 Å². The van der Waals surface area contributed by atoms with Crippen LogP contribution in [0.5, 0.6) is 0 Å². The van der Waals surface area contributed by atoms with Crippen LogP contribution in [0.15, 0.2) is 64.9 Å². The molecule has 0 unspecified atom stereocenters. The van der Waals surface area contributed by atoms with Crippen LogP contribution in [0.4, 0.5) is 0 Å². The van der Waals surface area contributed by atoms with Gasteiger partial charge in [0.1, 0.15) is 5.71 Å². The van der Waals surface area contributed by atoms with Crippen LogP contribution in [0.3, 0.4) is 0 Å². The molecule has 3 heterocycles. The van der Waals surface area contributed by atoms with Gasteiger partial charge < -0.3 is 10.2 Å². The number of hydrogen-bond donors (Lipinski definition) is 1. The molecule has 1 fully saturated rings. The minimum Gasteiger partial charge on any atom is -0.387 e. The number of rotatable bonds is 5. The summed E-state index contributed by atoms with van der Waals surface area (Å²) in [4.78, 5) is 22.4.